The molecule has 1 aliphatic rings. The van der Waals surface area contributed by atoms with Gasteiger partial charge in [-0.3, -0.25) is 4.79 Å². The third kappa shape index (κ3) is 3.84. The fraction of sp³-hybridized carbons (Fsp3) is 0.400. The highest BCUT2D eigenvalue weighted by Gasteiger charge is 2.25. The summed E-state index contributed by atoms with van der Waals surface area (Å²) in [6.07, 6.45) is 2.59. The molecule has 0 radical (unpaired) electrons. The molecule has 1 amide bonds. The topological polar surface area (TPSA) is 51.0 Å². The highest BCUT2D eigenvalue weighted by atomic mass is 35.5. The number of nitrogens with zero attached hydrogens (tertiary/aromatic N) is 4. The Balaban J connectivity index is 1.79. The molecule has 1 unspecified atom stereocenters. The smallest absolute Gasteiger partial charge is 0.237 e. The molecule has 0 spiro atoms. The zero-order chi connectivity index (χ0) is 16.4. The molecule has 1 aromatic carbocycles. The lowest BCUT2D eigenvalue weighted by atomic mass is 10.2. The maximum atomic E-state index is 12.7. The van der Waals surface area contributed by atoms with E-state index in [1.165, 1.54) is 11.8 Å². The van der Waals surface area contributed by atoms with Crippen LogP contribution < -0.4 is 4.90 Å². The molecule has 122 valence electrons. The number of aryl methyl sites for hydroxylation is 1. The first-order valence-electron chi connectivity index (χ1n) is 7.28. The van der Waals surface area contributed by atoms with Crippen LogP contribution in [0.4, 0.5) is 5.69 Å². The molecule has 2 heterocycles. The predicted molar refractivity (Wildman–Crippen MR) is 95.5 cm³/mol. The third-order valence-electron chi connectivity index (χ3n) is 3.59. The van der Waals surface area contributed by atoms with Gasteiger partial charge in [0.2, 0.25) is 5.91 Å². The van der Waals surface area contributed by atoms with Crippen LogP contribution in [0.5, 0.6) is 0 Å². The van der Waals surface area contributed by atoms with Crippen molar-refractivity contribution in [2.24, 2.45) is 7.05 Å². The van der Waals surface area contributed by atoms with Crippen molar-refractivity contribution in [2.45, 2.75) is 28.6 Å². The molecule has 1 atom stereocenters. The zero-order valence-electron chi connectivity index (χ0n) is 12.9. The molecule has 3 rings (SSSR count). The monoisotopic (exact) mass is 368 g/mol. The van der Waals surface area contributed by atoms with E-state index in [0.717, 1.165) is 22.2 Å². The number of halogens is 1. The number of thioether (sulfide) groups is 2. The fourth-order valence-corrected chi connectivity index (χ4v) is 4.40. The van der Waals surface area contributed by atoms with Gasteiger partial charge in [-0.1, -0.05) is 30.3 Å². The average molecular weight is 369 g/mol. The highest BCUT2D eigenvalue weighted by Crippen LogP contribution is 2.39. The number of amides is 1. The normalized spacial score (nSPS) is 17.7. The first kappa shape index (κ1) is 16.7. The van der Waals surface area contributed by atoms with Crippen LogP contribution >= 0.6 is 35.1 Å². The van der Waals surface area contributed by atoms with Gasteiger partial charge in [-0.2, -0.15) is 0 Å². The molecule has 0 aliphatic carbocycles. The molecule has 0 saturated heterocycles. The van der Waals surface area contributed by atoms with Gasteiger partial charge in [0, 0.05) is 28.8 Å². The van der Waals surface area contributed by atoms with Crippen LogP contribution in [0, 0.1) is 0 Å². The molecule has 0 N–H and O–H groups in total. The van der Waals surface area contributed by atoms with Crippen LogP contribution in [0.1, 0.15) is 13.3 Å². The summed E-state index contributed by atoms with van der Waals surface area (Å²) < 4.78 is 1.81. The van der Waals surface area contributed by atoms with Crippen molar-refractivity contribution in [2.75, 3.05) is 17.2 Å². The summed E-state index contributed by atoms with van der Waals surface area (Å²) in [5.41, 5.74) is 0.912. The summed E-state index contributed by atoms with van der Waals surface area (Å²) in [6, 6.07) is 5.76. The summed E-state index contributed by atoms with van der Waals surface area (Å²) in [5.74, 6) is 0.397. The minimum atomic E-state index is 0.0659. The molecule has 8 heteroatoms. The van der Waals surface area contributed by atoms with E-state index in [-0.39, 0.29) is 5.91 Å². The number of benzene rings is 1. The van der Waals surface area contributed by atoms with E-state index in [1.54, 1.807) is 18.1 Å². The number of hydrogen-bond donors (Lipinski definition) is 0. The quantitative estimate of drug-likeness (QED) is 0.776. The van der Waals surface area contributed by atoms with E-state index in [9.17, 15) is 4.79 Å². The molecular formula is C15H17ClN4OS2. The molecule has 0 fully saturated rings. The van der Waals surface area contributed by atoms with E-state index in [4.69, 9.17) is 11.6 Å². The first-order chi connectivity index (χ1) is 11.0. The zero-order valence-corrected chi connectivity index (χ0v) is 15.3. The second kappa shape index (κ2) is 7.15. The summed E-state index contributed by atoms with van der Waals surface area (Å²) in [5, 5.41) is 9.69. The van der Waals surface area contributed by atoms with Gasteiger partial charge in [0.25, 0.3) is 0 Å². The summed E-state index contributed by atoms with van der Waals surface area (Å²) in [7, 11) is 1.87. The van der Waals surface area contributed by atoms with Gasteiger partial charge >= 0.3 is 0 Å². The highest BCUT2D eigenvalue weighted by molar-refractivity contribution is 8.00. The average Bonchev–Trinajstić information content (AvgIpc) is 2.85. The number of carbonyl (C=O) groups excluding carboxylic acids is 1. The van der Waals surface area contributed by atoms with E-state index < -0.39 is 0 Å². The van der Waals surface area contributed by atoms with Crippen LogP contribution in [0.3, 0.4) is 0 Å². The van der Waals surface area contributed by atoms with Gasteiger partial charge in [0.1, 0.15) is 6.33 Å². The van der Waals surface area contributed by atoms with Gasteiger partial charge in [-0.15, -0.1) is 22.0 Å². The fourth-order valence-electron chi connectivity index (χ4n) is 2.37. The minimum absolute atomic E-state index is 0.0659. The van der Waals surface area contributed by atoms with E-state index in [0.29, 0.717) is 22.6 Å². The molecular weight excluding hydrogens is 352 g/mol. The summed E-state index contributed by atoms with van der Waals surface area (Å²) in [6.45, 7) is 2.89. The van der Waals surface area contributed by atoms with Crippen LogP contribution in [0.2, 0.25) is 5.02 Å². The molecule has 23 heavy (non-hydrogen) atoms. The van der Waals surface area contributed by atoms with Gasteiger partial charge in [0.05, 0.1) is 11.4 Å². The Hall–Kier alpha value is -1.18. The van der Waals surface area contributed by atoms with Crippen molar-refractivity contribution in [1.82, 2.24) is 14.8 Å². The Morgan fingerprint density at radius 2 is 2.35 bits per heavy atom. The third-order valence-corrected chi connectivity index (χ3v) is 6.09. The van der Waals surface area contributed by atoms with Crippen molar-refractivity contribution in [3.8, 4) is 0 Å². The molecule has 2 aromatic rings. The van der Waals surface area contributed by atoms with Gasteiger partial charge < -0.3 is 9.47 Å². The molecule has 1 aliphatic heterocycles. The van der Waals surface area contributed by atoms with Gasteiger partial charge in [-0.25, -0.2) is 0 Å². The Morgan fingerprint density at radius 3 is 3.09 bits per heavy atom. The minimum Gasteiger partial charge on any atom is -0.312 e. The predicted octanol–water partition coefficient (Wildman–Crippen LogP) is 3.48. The van der Waals surface area contributed by atoms with Crippen LogP contribution in [0.25, 0.3) is 0 Å². The number of rotatable bonds is 3. The Bertz CT molecular complexity index is 721. The van der Waals surface area contributed by atoms with E-state index in [2.05, 4.69) is 17.1 Å². The Labute approximate surface area is 148 Å². The second-order valence-electron chi connectivity index (χ2n) is 5.39. The van der Waals surface area contributed by atoms with Crippen molar-refractivity contribution in [1.29, 1.82) is 0 Å². The van der Waals surface area contributed by atoms with Crippen LogP contribution in [0.15, 0.2) is 34.6 Å². The maximum Gasteiger partial charge on any atom is 0.237 e. The first-order valence-corrected chi connectivity index (χ1v) is 9.52. The summed E-state index contributed by atoms with van der Waals surface area (Å²) in [4.78, 5) is 15.7. The SMILES string of the molecule is CC1CCN(C(=O)CSc2nncn2C)c2cc(Cl)ccc2S1. The molecule has 0 saturated carbocycles. The second-order valence-corrected chi connectivity index (χ2v) is 8.25. The number of hydrogen-bond acceptors (Lipinski definition) is 5. The van der Waals surface area contributed by atoms with Crippen molar-refractivity contribution >= 4 is 46.7 Å². The maximum absolute atomic E-state index is 12.7. The van der Waals surface area contributed by atoms with Crippen LogP contribution in [-0.4, -0.2) is 38.2 Å². The number of anilines is 1. The van der Waals surface area contributed by atoms with Gasteiger partial charge in [0.15, 0.2) is 5.16 Å². The van der Waals surface area contributed by atoms with Crippen molar-refractivity contribution < 1.29 is 4.79 Å². The van der Waals surface area contributed by atoms with Crippen LogP contribution in [-0.2, 0) is 11.8 Å². The lowest BCUT2D eigenvalue weighted by molar-refractivity contribution is -0.116. The van der Waals surface area contributed by atoms with Crippen molar-refractivity contribution in [3.05, 3.63) is 29.5 Å². The summed E-state index contributed by atoms with van der Waals surface area (Å²) >= 11 is 9.34. The van der Waals surface area contributed by atoms with Gasteiger partial charge in [-0.05, 0) is 24.6 Å². The Morgan fingerprint density at radius 1 is 1.52 bits per heavy atom. The van der Waals surface area contributed by atoms with E-state index in [1.807, 2.05) is 34.7 Å². The van der Waals surface area contributed by atoms with Crippen molar-refractivity contribution in [3.63, 3.8) is 0 Å². The number of fused-ring (bicyclic) bond motifs is 1. The lowest BCUT2D eigenvalue weighted by Crippen LogP contribution is -2.33. The standard InChI is InChI=1S/C15H17ClN4OS2/c1-10-5-6-20(12-7-11(16)3-4-13(12)23-10)14(21)8-22-15-18-17-9-19(15)2/h3-4,7,9-10H,5-6,8H2,1-2H3. The molecule has 0 bridgehead atoms. The van der Waals surface area contributed by atoms with E-state index >= 15 is 0 Å². The number of aromatic nitrogens is 3. The molecule has 1 aromatic heterocycles. The molecule has 5 nitrogen and oxygen atoms in total. The number of carbonyl (C=O) groups is 1. The lowest BCUT2D eigenvalue weighted by Gasteiger charge is -2.22. The Kier molecular flexibility index (Phi) is 5.18. The largest absolute Gasteiger partial charge is 0.312 e.